The Labute approximate surface area is 90.1 Å². The van der Waals surface area contributed by atoms with Gasteiger partial charge in [0.2, 0.25) is 0 Å². The maximum atomic E-state index is 12.1. The van der Waals surface area contributed by atoms with Gasteiger partial charge in [0.1, 0.15) is 5.71 Å². The molecule has 3 saturated carbocycles. The first kappa shape index (κ1) is 9.37. The third kappa shape index (κ3) is 1.18. The first-order valence-corrected chi connectivity index (χ1v) is 6.15. The van der Waals surface area contributed by atoms with E-state index in [9.17, 15) is 4.79 Å². The van der Waals surface area contributed by atoms with Crippen molar-refractivity contribution in [2.75, 3.05) is 0 Å². The molecule has 3 nitrogen and oxygen atoms in total. The molecular weight excluding hydrogens is 188 g/mol. The van der Waals surface area contributed by atoms with Crippen LogP contribution in [0.4, 0.5) is 0 Å². The van der Waals surface area contributed by atoms with Crippen LogP contribution in [0.5, 0.6) is 0 Å². The number of carbonyl (C=O) groups is 1. The smallest absolute Gasteiger partial charge is 0.182 e. The molecule has 3 heteroatoms. The lowest BCUT2D eigenvalue weighted by molar-refractivity contribution is -0.118. The standard InChI is InChI=1S/C12H18N2O/c13-14-11-8-5-1-3-7-4-2-6-9(10(7)8)12(11)15/h7-10H,1-6,13H2/b14-11-. The van der Waals surface area contributed by atoms with E-state index in [0.29, 0.717) is 11.8 Å². The Morgan fingerprint density at radius 1 is 1.07 bits per heavy atom. The Balaban J connectivity index is 2.00. The lowest BCUT2D eigenvalue weighted by Crippen LogP contribution is -2.33. The van der Waals surface area contributed by atoms with Gasteiger partial charge in [-0.25, -0.2) is 0 Å². The van der Waals surface area contributed by atoms with E-state index in [1.807, 2.05) is 0 Å². The van der Waals surface area contributed by atoms with Crippen molar-refractivity contribution in [3.05, 3.63) is 0 Å². The molecule has 82 valence electrons. The van der Waals surface area contributed by atoms with Crippen molar-refractivity contribution in [3.63, 3.8) is 0 Å². The summed E-state index contributed by atoms with van der Waals surface area (Å²) in [5.41, 5.74) is 0.719. The predicted molar refractivity (Wildman–Crippen MR) is 58.3 cm³/mol. The minimum Gasteiger partial charge on any atom is -0.323 e. The molecule has 0 spiro atoms. The van der Waals surface area contributed by atoms with Crippen molar-refractivity contribution in [2.45, 2.75) is 38.5 Å². The highest BCUT2D eigenvalue weighted by atomic mass is 16.1. The summed E-state index contributed by atoms with van der Waals surface area (Å²) in [5.74, 6) is 7.72. The fourth-order valence-corrected chi connectivity index (χ4v) is 4.21. The van der Waals surface area contributed by atoms with E-state index >= 15 is 0 Å². The number of nitrogens with zero attached hydrogens (tertiary/aromatic N) is 1. The molecule has 4 atom stereocenters. The van der Waals surface area contributed by atoms with Crippen LogP contribution in [0.2, 0.25) is 0 Å². The molecule has 3 aliphatic rings. The SMILES string of the molecule is N/N=C1\C(=O)C2CCCC3CCCC1C32. The van der Waals surface area contributed by atoms with Crippen LogP contribution in [-0.4, -0.2) is 11.5 Å². The van der Waals surface area contributed by atoms with Crippen molar-refractivity contribution in [2.24, 2.45) is 34.6 Å². The molecule has 4 unspecified atom stereocenters. The molecule has 0 saturated heterocycles. The van der Waals surface area contributed by atoms with Crippen LogP contribution in [0.15, 0.2) is 5.10 Å². The monoisotopic (exact) mass is 206 g/mol. The van der Waals surface area contributed by atoms with E-state index in [1.165, 1.54) is 25.7 Å². The normalized spacial score (nSPS) is 46.9. The molecule has 0 aromatic heterocycles. The topological polar surface area (TPSA) is 55.4 Å². The Morgan fingerprint density at radius 3 is 2.40 bits per heavy atom. The highest BCUT2D eigenvalue weighted by molar-refractivity contribution is 6.43. The number of hydrogen-bond donors (Lipinski definition) is 1. The van der Waals surface area contributed by atoms with Crippen LogP contribution < -0.4 is 5.84 Å². The quantitative estimate of drug-likeness (QED) is 0.484. The Hall–Kier alpha value is -0.860. The van der Waals surface area contributed by atoms with Crippen LogP contribution in [0.3, 0.4) is 0 Å². The minimum atomic E-state index is 0.274. The van der Waals surface area contributed by atoms with E-state index in [0.717, 1.165) is 24.5 Å². The number of hydrazone groups is 1. The highest BCUT2D eigenvalue weighted by Gasteiger charge is 2.52. The van der Waals surface area contributed by atoms with Crippen molar-refractivity contribution in [1.29, 1.82) is 0 Å². The first-order valence-electron chi connectivity index (χ1n) is 6.15. The maximum Gasteiger partial charge on any atom is 0.182 e. The average Bonchev–Trinajstić information content (AvgIpc) is 2.55. The maximum absolute atomic E-state index is 12.1. The van der Waals surface area contributed by atoms with E-state index in [-0.39, 0.29) is 11.7 Å². The van der Waals surface area contributed by atoms with E-state index in [4.69, 9.17) is 5.84 Å². The minimum absolute atomic E-state index is 0.274. The van der Waals surface area contributed by atoms with Crippen molar-refractivity contribution >= 4 is 11.5 Å². The van der Waals surface area contributed by atoms with Gasteiger partial charge < -0.3 is 5.84 Å². The molecule has 0 heterocycles. The Bertz CT molecular complexity index is 322. The zero-order chi connectivity index (χ0) is 10.4. The molecule has 3 fully saturated rings. The summed E-state index contributed by atoms with van der Waals surface area (Å²) in [6.45, 7) is 0. The molecule has 0 radical (unpaired) electrons. The van der Waals surface area contributed by atoms with Gasteiger partial charge in [0.25, 0.3) is 0 Å². The Morgan fingerprint density at radius 2 is 1.73 bits per heavy atom. The third-order valence-corrected chi connectivity index (χ3v) is 4.73. The summed E-state index contributed by atoms with van der Waals surface area (Å²) < 4.78 is 0. The predicted octanol–water partition coefficient (Wildman–Crippen LogP) is 1.72. The van der Waals surface area contributed by atoms with Crippen LogP contribution in [-0.2, 0) is 4.79 Å². The second-order valence-corrected chi connectivity index (χ2v) is 5.29. The number of carbonyl (C=O) groups excluding carboxylic acids is 1. The zero-order valence-electron chi connectivity index (χ0n) is 8.98. The molecular formula is C12H18N2O. The molecule has 0 aromatic carbocycles. The Kier molecular flexibility index (Phi) is 2.08. The van der Waals surface area contributed by atoms with Crippen LogP contribution in [0.1, 0.15) is 38.5 Å². The molecule has 0 amide bonds. The van der Waals surface area contributed by atoms with Crippen molar-refractivity contribution in [1.82, 2.24) is 0 Å². The average molecular weight is 206 g/mol. The van der Waals surface area contributed by atoms with Crippen LogP contribution in [0, 0.1) is 23.7 Å². The van der Waals surface area contributed by atoms with Gasteiger partial charge in [-0.3, -0.25) is 4.79 Å². The van der Waals surface area contributed by atoms with E-state index < -0.39 is 0 Å². The van der Waals surface area contributed by atoms with Gasteiger partial charge in [0, 0.05) is 11.8 Å². The van der Waals surface area contributed by atoms with Gasteiger partial charge in [-0.1, -0.05) is 25.7 Å². The summed E-state index contributed by atoms with van der Waals surface area (Å²) in [6.07, 6.45) is 7.34. The number of nitrogens with two attached hydrogens (primary N) is 1. The summed E-state index contributed by atoms with van der Waals surface area (Å²) >= 11 is 0. The summed E-state index contributed by atoms with van der Waals surface area (Å²) in [6, 6.07) is 0. The molecule has 3 rings (SSSR count). The van der Waals surface area contributed by atoms with Gasteiger partial charge in [0.05, 0.1) is 0 Å². The van der Waals surface area contributed by atoms with Gasteiger partial charge >= 0.3 is 0 Å². The zero-order valence-corrected chi connectivity index (χ0v) is 8.98. The number of rotatable bonds is 0. The van der Waals surface area contributed by atoms with Crippen LogP contribution >= 0.6 is 0 Å². The fourth-order valence-electron chi connectivity index (χ4n) is 4.21. The number of Topliss-reactive ketones (excluding diaryl/α,β-unsaturated/α-hetero) is 1. The molecule has 15 heavy (non-hydrogen) atoms. The second-order valence-electron chi connectivity index (χ2n) is 5.29. The van der Waals surface area contributed by atoms with Gasteiger partial charge in [0.15, 0.2) is 5.78 Å². The third-order valence-electron chi connectivity index (χ3n) is 4.73. The first-order chi connectivity index (χ1) is 7.33. The molecule has 3 aliphatic carbocycles. The molecule has 0 bridgehead atoms. The van der Waals surface area contributed by atoms with Gasteiger partial charge in [-0.05, 0) is 24.7 Å². The molecule has 0 aromatic rings. The number of ketones is 1. The van der Waals surface area contributed by atoms with E-state index in [1.54, 1.807) is 0 Å². The largest absolute Gasteiger partial charge is 0.323 e. The van der Waals surface area contributed by atoms with E-state index in [2.05, 4.69) is 5.10 Å². The van der Waals surface area contributed by atoms with Crippen molar-refractivity contribution in [3.8, 4) is 0 Å². The lowest BCUT2D eigenvalue weighted by Gasteiger charge is -2.39. The summed E-state index contributed by atoms with van der Waals surface area (Å²) in [5, 5.41) is 3.78. The number of hydrogen-bond acceptors (Lipinski definition) is 3. The summed E-state index contributed by atoms with van der Waals surface area (Å²) in [7, 11) is 0. The summed E-state index contributed by atoms with van der Waals surface area (Å²) in [4.78, 5) is 12.1. The van der Waals surface area contributed by atoms with Crippen LogP contribution in [0.25, 0.3) is 0 Å². The fraction of sp³-hybridized carbons (Fsp3) is 0.833. The lowest BCUT2D eigenvalue weighted by atomic mass is 9.65. The van der Waals surface area contributed by atoms with Gasteiger partial charge in [-0.15, -0.1) is 0 Å². The highest BCUT2D eigenvalue weighted by Crippen LogP contribution is 2.51. The molecule has 2 N–H and O–H groups in total. The van der Waals surface area contributed by atoms with Crippen molar-refractivity contribution < 1.29 is 4.79 Å². The molecule has 0 aliphatic heterocycles. The van der Waals surface area contributed by atoms with Gasteiger partial charge in [-0.2, -0.15) is 5.10 Å². The second kappa shape index (κ2) is 3.32.